The van der Waals surface area contributed by atoms with Crippen LogP contribution < -0.4 is 5.32 Å². The molecule has 1 aliphatic carbocycles. The van der Waals surface area contributed by atoms with Gasteiger partial charge in [-0.25, -0.2) is 9.78 Å². The van der Waals surface area contributed by atoms with Crippen LogP contribution in [0.3, 0.4) is 0 Å². The molecule has 27 heavy (non-hydrogen) atoms. The summed E-state index contributed by atoms with van der Waals surface area (Å²) in [6.45, 7) is 5.12. The Hall–Kier alpha value is -2.40. The Kier molecular flexibility index (Phi) is 5.80. The molecular formula is C21H23ClN2O3. The van der Waals surface area contributed by atoms with E-state index in [2.05, 4.69) is 16.4 Å². The first kappa shape index (κ1) is 19.4. The van der Waals surface area contributed by atoms with Crippen molar-refractivity contribution in [3.63, 3.8) is 0 Å². The van der Waals surface area contributed by atoms with E-state index in [1.807, 2.05) is 18.2 Å². The van der Waals surface area contributed by atoms with Crippen molar-refractivity contribution < 1.29 is 14.3 Å². The molecule has 0 saturated carbocycles. The van der Waals surface area contributed by atoms with Crippen molar-refractivity contribution in [2.75, 3.05) is 0 Å². The third-order valence-electron chi connectivity index (χ3n) is 4.84. The molecule has 2 atom stereocenters. The summed E-state index contributed by atoms with van der Waals surface area (Å²) in [5.74, 6) is -0.962. The number of pyridine rings is 1. The molecule has 0 aliphatic heterocycles. The van der Waals surface area contributed by atoms with Crippen molar-refractivity contribution in [2.24, 2.45) is 0 Å². The van der Waals surface area contributed by atoms with Gasteiger partial charge in [0, 0.05) is 5.69 Å². The Morgan fingerprint density at radius 2 is 2.04 bits per heavy atom. The standard InChI is InChI=1S/C21H23ClN2O3/c1-12-11-13(2)23-19(22)18(12)21(26)27-14(3)20(25)24-17-10-6-8-15-7-4-5-9-16(15)17/h4-5,7,9,11,14,17H,6,8,10H2,1-3H3,(H,24,25)/t14-,17-/m0/s1. The number of carbonyl (C=O) groups excluding carboxylic acids is 2. The van der Waals surface area contributed by atoms with Crippen LogP contribution in [0.5, 0.6) is 0 Å². The molecule has 142 valence electrons. The van der Waals surface area contributed by atoms with Gasteiger partial charge >= 0.3 is 5.97 Å². The number of amides is 1. The second kappa shape index (κ2) is 8.09. The Bertz CT molecular complexity index is 858. The van der Waals surface area contributed by atoms with Crippen LogP contribution in [0.4, 0.5) is 0 Å². The Morgan fingerprint density at radius 3 is 2.78 bits per heavy atom. The number of esters is 1. The second-order valence-corrected chi connectivity index (χ2v) is 7.30. The van der Waals surface area contributed by atoms with E-state index < -0.39 is 12.1 Å². The third-order valence-corrected chi connectivity index (χ3v) is 5.12. The van der Waals surface area contributed by atoms with Gasteiger partial charge in [0.25, 0.3) is 5.91 Å². The van der Waals surface area contributed by atoms with Crippen molar-refractivity contribution in [3.8, 4) is 0 Å². The average Bonchev–Trinajstić information content (AvgIpc) is 2.61. The van der Waals surface area contributed by atoms with Gasteiger partial charge in [-0.1, -0.05) is 35.9 Å². The third kappa shape index (κ3) is 4.30. The van der Waals surface area contributed by atoms with Crippen molar-refractivity contribution in [3.05, 3.63) is 63.4 Å². The van der Waals surface area contributed by atoms with Crippen molar-refractivity contribution in [2.45, 2.75) is 52.2 Å². The van der Waals surface area contributed by atoms with Gasteiger partial charge in [-0.2, -0.15) is 0 Å². The van der Waals surface area contributed by atoms with Gasteiger partial charge in [-0.3, -0.25) is 4.79 Å². The van der Waals surface area contributed by atoms with Crippen molar-refractivity contribution in [1.29, 1.82) is 0 Å². The molecular weight excluding hydrogens is 364 g/mol. The van der Waals surface area contributed by atoms with E-state index in [9.17, 15) is 9.59 Å². The Balaban J connectivity index is 1.68. The highest BCUT2D eigenvalue weighted by Crippen LogP contribution is 2.29. The molecule has 0 spiro atoms. The molecule has 5 nitrogen and oxygen atoms in total. The number of nitrogens with zero attached hydrogens (tertiary/aromatic N) is 1. The molecule has 0 bridgehead atoms. The van der Waals surface area contributed by atoms with Crippen LogP contribution in [0, 0.1) is 13.8 Å². The summed E-state index contributed by atoms with van der Waals surface area (Å²) in [6, 6.07) is 9.81. The number of ether oxygens (including phenoxy) is 1. The van der Waals surface area contributed by atoms with E-state index >= 15 is 0 Å². The molecule has 0 unspecified atom stereocenters. The lowest BCUT2D eigenvalue weighted by atomic mass is 9.87. The average molecular weight is 387 g/mol. The van der Waals surface area contributed by atoms with Gasteiger partial charge < -0.3 is 10.1 Å². The van der Waals surface area contributed by atoms with E-state index in [1.165, 1.54) is 5.56 Å². The number of halogens is 1. The van der Waals surface area contributed by atoms with Gasteiger partial charge in [0.1, 0.15) is 5.15 Å². The van der Waals surface area contributed by atoms with Crippen molar-refractivity contribution in [1.82, 2.24) is 10.3 Å². The molecule has 1 aromatic carbocycles. The molecule has 0 fully saturated rings. The minimum absolute atomic E-state index is 0.0602. The summed E-state index contributed by atoms with van der Waals surface area (Å²) in [6.07, 6.45) is 1.98. The number of aryl methyl sites for hydroxylation is 3. The van der Waals surface area contributed by atoms with Crippen LogP contribution in [-0.4, -0.2) is 23.0 Å². The van der Waals surface area contributed by atoms with Gasteiger partial charge in [0.05, 0.1) is 11.6 Å². The van der Waals surface area contributed by atoms with Crippen LogP contribution in [0.1, 0.15) is 58.5 Å². The predicted molar refractivity (Wildman–Crippen MR) is 104 cm³/mol. The number of hydrogen-bond acceptors (Lipinski definition) is 4. The quantitative estimate of drug-likeness (QED) is 0.634. The van der Waals surface area contributed by atoms with Crippen LogP contribution >= 0.6 is 11.6 Å². The summed E-state index contributed by atoms with van der Waals surface area (Å²) in [7, 11) is 0. The summed E-state index contributed by atoms with van der Waals surface area (Å²) in [5, 5.41) is 3.09. The monoisotopic (exact) mass is 386 g/mol. The van der Waals surface area contributed by atoms with Gasteiger partial charge in [0.15, 0.2) is 6.10 Å². The topological polar surface area (TPSA) is 68.3 Å². The molecule has 0 radical (unpaired) electrons. The van der Waals surface area contributed by atoms with Crippen LogP contribution in [-0.2, 0) is 16.0 Å². The summed E-state index contributed by atoms with van der Waals surface area (Å²) >= 11 is 6.09. The van der Waals surface area contributed by atoms with E-state index in [1.54, 1.807) is 26.8 Å². The molecule has 1 amide bonds. The Labute approximate surface area is 164 Å². The molecule has 1 N–H and O–H groups in total. The fourth-order valence-corrected chi connectivity index (χ4v) is 3.86. The first-order chi connectivity index (χ1) is 12.9. The molecule has 2 aromatic rings. The zero-order chi connectivity index (χ0) is 19.6. The molecule has 1 aromatic heterocycles. The predicted octanol–water partition coefficient (Wildman–Crippen LogP) is 4.09. The Morgan fingerprint density at radius 1 is 1.30 bits per heavy atom. The molecule has 0 saturated heterocycles. The number of benzene rings is 1. The second-order valence-electron chi connectivity index (χ2n) is 6.95. The highest BCUT2D eigenvalue weighted by atomic mass is 35.5. The molecule has 1 heterocycles. The number of carbonyl (C=O) groups is 2. The molecule has 6 heteroatoms. The maximum absolute atomic E-state index is 12.6. The number of hydrogen-bond donors (Lipinski definition) is 1. The van der Waals surface area contributed by atoms with E-state index in [-0.39, 0.29) is 22.7 Å². The zero-order valence-electron chi connectivity index (χ0n) is 15.7. The lowest BCUT2D eigenvalue weighted by Crippen LogP contribution is -2.39. The fourth-order valence-electron chi connectivity index (χ4n) is 3.50. The van der Waals surface area contributed by atoms with Gasteiger partial charge in [0.2, 0.25) is 0 Å². The highest BCUT2D eigenvalue weighted by molar-refractivity contribution is 6.32. The largest absolute Gasteiger partial charge is 0.449 e. The SMILES string of the molecule is Cc1cc(C)c(C(=O)O[C@@H](C)C(=O)N[C@H]2CCCc3ccccc32)c(Cl)n1. The van der Waals surface area contributed by atoms with Crippen LogP contribution in [0.2, 0.25) is 5.15 Å². The fraction of sp³-hybridized carbons (Fsp3) is 0.381. The van der Waals surface area contributed by atoms with E-state index in [0.29, 0.717) is 5.56 Å². The first-order valence-corrected chi connectivity index (χ1v) is 9.47. The summed E-state index contributed by atoms with van der Waals surface area (Å²) < 4.78 is 5.35. The van der Waals surface area contributed by atoms with Gasteiger partial charge in [-0.15, -0.1) is 0 Å². The maximum atomic E-state index is 12.6. The minimum atomic E-state index is -0.927. The number of rotatable bonds is 4. The van der Waals surface area contributed by atoms with Crippen LogP contribution in [0.15, 0.2) is 30.3 Å². The maximum Gasteiger partial charge on any atom is 0.342 e. The van der Waals surface area contributed by atoms with E-state index in [4.69, 9.17) is 16.3 Å². The zero-order valence-corrected chi connectivity index (χ0v) is 16.5. The normalized spacial score (nSPS) is 17.0. The summed E-state index contributed by atoms with van der Waals surface area (Å²) in [5.41, 5.74) is 3.98. The number of nitrogens with one attached hydrogen (secondary N) is 1. The lowest BCUT2D eigenvalue weighted by Gasteiger charge is -2.27. The van der Waals surface area contributed by atoms with Gasteiger partial charge in [-0.05, 0) is 62.8 Å². The minimum Gasteiger partial charge on any atom is -0.449 e. The smallest absolute Gasteiger partial charge is 0.342 e. The number of aromatic nitrogens is 1. The molecule has 3 rings (SSSR count). The van der Waals surface area contributed by atoms with Crippen molar-refractivity contribution >= 4 is 23.5 Å². The van der Waals surface area contributed by atoms with Crippen LogP contribution in [0.25, 0.3) is 0 Å². The number of fused-ring (bicyclic) bond motifs is 1. The lowest BCUT2D eigenvalue weighted by molar-refractivity contribution is -0.130. The first-order valence-electron chi connectivity index (χ1n) is 9.09. The highest BCUT2D eigenvalue weighted by Gasteiger charge is 2.27. The van der Waals surface area contributed by atoms with E-state index in [0.717, 1.165) is 30.5 Å². The summed E-state index contributed by atoms with van der Waals surface area (Å²) in [4.78, 5) is 29.1. The molecule has 1 aliphatic rings.